The number of hydrogen-bond acceptors (Lipinski definition) is 10. The molecule has 1 unspecified atom stereocenters. The minimum Gasteiger partial charge on any atom is -0.494 e. The first-order chi connectivity index (χ1) is 16.9. The number of hydrogen-bond donors (Lipinski definition) is 2. The first-order valence-electron chi connectivity index (χ1n) is 11.3. The number of aromatic nitrogens is 6. The highest BCUT2D eigenvalue weighted by Crippen LogP contribution is 2.33. The van der Waals surface area contributed by atoms with Crippen LogP contribution in [0.1, 0.15) is 30.6 Å². The second-order valence-electron chi connectivity index (χ2n) is 9.57. The number of anilines is 2. The molecule has 0 spiro atoms. The summed E-state index contributed by atoms with van der Waals surface area (Å²) in [5, 5.41) is 18.2. The second kappa shape index (κ2) is 8.27. The zero-order valence-corrected chi connectivity index (χ0v) is 21.1. The van der Waals surface area contributed by atoms with Gasteiger partial charge >= 0.3 is 0 Å². The number of nitrogen functional groups attached to an aromatic ring is 1. The summed E-state index contributed by atoms with van der Waals surface area (Å²) in [7, 11) is -2.24. The zero-order chi connectivity index (χ0) is 26.0. The van der Waals surface area contributed by atoms with Gasteiger partial charge in [-0.05, 0) is 26.8 Å². The minimum atomic E-state index is -3.59. The molecule has 14 heteroatoms. The van der Waals surface area contributed by atoms with Crippen molar-refractivity contribution in [1.29, 1.82) is 0 Å². The number of nitrogens with zero attached hydrogens (tertiary/aromatic N) is 7. The van der Waals surface area contributed by atoms with Crippen molar-refractivity contribution < 1.29 is 22.7 Å². The topological polar surface area (TPSA) is 154 Å². The van der Waals surface area contributed by atoms with Gasteiger partial charge in [0, 0.05) is 24.5 Å². The molecule has 1 saturated heterocycles. The molecule has 12 nitrogen and oxygen atoms in total. The largest absolute Gasteiger partial charge is 0.494 e. The monoisotopic (exact) mass is 518 g/mol. The molecule has 0 aliphatic carbocycles. The van der Waals surface area contributed by atoms with Crippen LogP contribution in [0.4, 0.5) is 16.0 Å². The summed E-state index contributed by atoms with van der Waals surface area (Å²) < 4.78 is 48.6. The van der Waals surface area contributed by atoms with Crippen molar-refractivity contribution in [3.05, 3.63) is 35.7 Å². The molecule has 1 aliphatic heterocycles. The highest BCUT2D eigenvalue weighted by molar-refractivity contribution is 7.91. The van der Waals surface area contributed by atoms with Crippen LogP contribution in [0.15, 0.2) is 18.3 Å². The Morgan fingerprint density at radius 2 is 2.06 bits per heavy atom. The van der Waals surface area contributed by atoms with Crippen LogP contribution < -0.4 is 15.4 Å². The van der Waals surface area contributed by atoms with Crippen molar-refractivity contribution in [2.45, 2.75) is 38.2 Å². The summed E-state index contributed by atoms with van der Waals surface area (Å²) in [6.07, 6.45) is 1.67. The fraction of sp³-hybridized carbons (Fsp3) is 0.455. The van der Waals surface area contributed by atoms with Gasteiger partial charge in [-0.1, -0.05) is 0 Å². The molecule has 4 aromatic rings. The molecule has 1 aliphatic rings. The van der Waals surface area contributed by atoms with Crippen LogP contribution in [0, 0.1) is 12.7 Å². The Bertz CT molecular complexity index is 1590. The number of ether oxygens (including phenoxy) is 1. The molecule has 0 saturated carbocycles. The highest BCUT2D eigenvalue weighted by Gasteiger charge is 2.38. The van der Waals surface area contributed by atoms with Gasteiger partial charge in [0.05, 0.1) is 48.1 Å². The fourth-order valence-corrected chi connectivity index (χ4v) is 6.05. The molecular weight excluding hydrogens is 491 g/mol. The highest BCUT2D eigenvalue weighted by atomic mass is 32.2. The summed E-state index contributed by atoms with van der Waals surface area (Å²) in [6, 6.07) is 2.62. The molecule has 1 atom stereocenters. The van der Waals surface area contributed by atoms with Gasteiger partial charge in [0.1, 0.15) is 5.25 Å². The van der Waals surface area contributed by atoms with E-state index < -0.39 is 26.5 Å². The van der Waals surface area contributed by atoms with Crippen LogP contribution in [0.25, 0.3) is 16.6 Å². The van der Waals surface area contributed by atoms with E-state index in [9.17, 15) is 17.9 Å². The molecule has 0 amide bonds. The third-order valence-corrected chi connectivity index (χ3v) is 8.27. The Morgan fingerprint density at radius 1 is 1.31 bits per heavy atom. The third-order valence-electron chi connectivity index (χ3n) is 6.29. The van der Waals surface area contributed by atoms with E-state index in [-0.39, 0.29) is 42.0 Å². The number of benzene rings is 1. The van der Waals surface area contributed by atoms with E-state index in [1.807, 2.05) is 11.8 Å². The minimum absolute atomic E-state index is 0.00416. The van der Waals surface area contributed by atoms with Crippen molar-refractivity contribution in [2.75, 3.05) is 36.6 Å². The van der Waals surface area contributed by atoms with Gasteiger partial charge in [0.15, 0.2) is 32.9 Å². The predicted molar refractivity (Wildman–Crippen MR) is 131 cm³/mol. The number of rotatable bonds is 5. The number of sulfone groups is 1. The molecule has 0 radical (unpaired) electrons. The average molecular weight is 519 g/mol. The van der Waals surface area contributed by atoms with Crippen LogP contribution >= 0.6 is 0 Å². The van der Waals surface area contributed by atoms with Crippen molar-refractivity contribution in [3.63, 3.8) is 0 Å². The van der Waals surface area contributed by atoms with Crippen LogP contribution in [0.2, 0.25) is 0 Å². The summed E-state index contributed by atoms with van der Waals surface area (Å²) in [4.78, 5) is 10.7. The van der Waals surface area contributed by atoms with Crippen LogP contribution in [0.5, 0.6) is 5.75 Å². The maximum Gasteiger partial charge on any atom is 0.223 e. The average Bonchev–Trinajstić information content (AvgIpc) is 3.38. The number of methoxy groups -OCH3 is 1. The summed E-state index contributed by atoms with van der Waals surface area (Å²) in [5.74, 6) is -0.677. The molecule has 3 N–H and O–H groups in total. The van der Waals surface area contributed by atoms with E-state index in [1.54, 1.807) is 24.7 Å². The van der Waals surface area contributed by atoms with Gasteiger partial charge in [-0.15, -0.1) is 5.10 Å². The van der Waals surface area contributed by atoms with E-state index in [1.165, 1.54) is 23.8 Å². The first kappa shape index (κ1) is 24.2. The smallest absolute Gasteiger partial charge is 0.223 e. The Morgan fingerprint density at radius 3 is 2.75 bits per heavy atom. The van der Waals surface area contributed by atoms with Crippen LogP contribution in [0.3, 0.4) is 0 Å². The maximum absolute atomic E-state index is 14.4. The molecule has 4 heterocycles. The quantitative estimate of drug-likeness (QED) is 0.395. The lowest BCUT2D eigenvalue weighted by Gasteiger charge is -2.32. The number of aliphatic hydroxyl groups is 1. The molecule has 0 bridgehead atoms. The van der Waals surface area contributed by atoms with Crippen LogP contribution in [-0.2, 0) is 16.4 Å². The Hall–Kier alpha value is -3.52. The van der Waals surface area contributed by atoms with Crippen LogP contribution in [-0.4, -0.2) is 74.4 Å². The normalized spacial score (nSPS) is 18.3. The number of fused-ring (bicyclic) bond motifs is 3. The number of halogens is 1. The number of nitrogens with two attached hydrogens (primary N) is 1. The molecule has 1 aromatic carbocycles. The van der Waals surface area contributed by atoms with E-state index >= 15 is 0 Å². The summed E-state index contributed by atoms with van der Waals surface area (Å²) >= 11 is 0. The second-order valence-corrected chi connectivity index (χ2v) is 11.9. The standard InChI is InChI=1S/C22H27FN8O4S/c1-12-16(9-25-30(12)11-22(2,3)32)29-5-6-36(33,34)18(10-29)19-27-20-13-7-14(23)17(35-4)8-15(13)26-21(24)31(20)28-19/h7-9,18,32H,5-6,10-11H2,1-4H3,(H2,24,26). The molecule has 3 aromatic heterocycles. The SMILES string of the molecule is COc1cc2nc(N)n3nc(C4CN(c5cnn(CC(C)(C)O)c5C)CCS4(=O)=O)nc3c2cc1F. The van der Waals surface area contributed by atoms with Gasteiger partial charge in [0.2, 0.25) is 5.95 Å². The zero-order valence-electron chi connectivity index (χ0n) is 20.3. The van der Waals surface area contributed by atoms with Gasteiger partial charge in [-0.25, -0.2) is 22.8 Å². The van der Waals surface area contributed by atoms with E-state index in [0.717, 1.165) is 11.4 Å². The van der Waals surface area contributed by atoms with Crippen molar-refractivity contribution in [1.82, 2.24) is 29.4 Å². The van der Waals surface area contributed by atoms with E-state index in [0.29, 0.717) is 17.4 Å². The van der Waals surface area contributed by atoms with Gasteiger partial charge < -0.3 is 20.5 Å². The summed E-state index contributed by atoms with van der Waals surface area (Å²) in [5.41, 5.74) is 7.25. The maximum atomic E-state index is 14.4. The van der Waals surface area contributed by atoms with E-state index in [2.05, 4.69) is 20.2 Å². The lowest BCUT2D eigenvalue weighted by atomic mass is 10.1. The molecule has 192 valence electrons. The third kappa shape index (κ3) is 4.09. The van der Waals surface area contributed by atoms with Crippen molar-refractivity contribution in [2.24, 2.45) is 0 Å². The molecular formula is C22H27FN8O4S. The molecule has 36 heavy (non-hydrogen) atoms. The lowest BCUT2D eigenvalue weighted by molar-refractivity contribution is 0.0571. The predicted octanol–water partition coefficient (Wildman–Crippen LogP) is 1.26. The fourth-order valence-electron chi connectivity index (χ4n) is 4.46. The lowest BCUT2D eigenvalue weighted by Crippen LogP contribution is -2.43. The van der Waals surface area contributed by atoms with E-state index in [4.69, 9.17) is 10.5 Å². The Labute approximate surface area is 206 Å². The van der Waals surface area contributed by atoms with Gasteiger partial charge in [-0.3, -0.25) is 4.68 Å². The van der Waals surface area contributed by atoms with Gasteiger partial charge in [-0.2, -0.15) is 9.61 Å². The Balaban J connectivity index is 1.56. The molecule has 5 rings (SSSR count). The summed E-state index contributed by atoms with van der Waals surface area (Å²) in [6.45, 7) is 5.93. The van der Waals surface area contributed by atoms with Crippen molar-refractivity contribution >= 4 is 38.0 Å². The van der Waals surface area contributed by atoms with Gasteiger partial charge in [0.25, 0.3) is 0 Å². The Kier molecular flexibility index (Phi) is 5.55. The van der Waals surface area contributed by atoms with Crippen molar-refractivity contribution in [3.8, 4) is 5.75 Å². The first-order valence-corrected chi connectivity index (χ1v) is 13.0. The molecule has 1 fully saturated rings.